The monoisotopic (exact) mass is 1030 g/mol. The molecule has 1 aliphatic rings. The van der Waals surface area contributed by atoms with E-state index in [2.05, 4.69) is 62.7 Å². The zero-order chi connectivity index (χ0) is 54.4. The number of aliphatic imine (C=N–C) groups is 1. The summed E-state index contributed by atoms with van der Waals surface area (Å²) in [5.41, 5.74) is 28.3. The molecule has 404 valence electrons. The lowest BCUT2D eigenvalue weighted by molar-refractivity contribution is -0.138. The van der Waals surface area contributed by atoms with E-state index >= 15 is 0 Å². The number of nitrogens with one attached hydrogen (secondary N) is 9. The Hall–Kier alpha value is -7.31. The second kappa shape index (κ2) is 29.9. The summed E-state index contributed by atoms with van der Waals surface area (Å²) in [6.07, 6.45) is -5.13. The van der Waals surface area contributed by atoms with E-state index in [0.717, 1.165) is 6.08 Å². The molecule has 0 spiro atoms. The van der Waals surface area contributed by atoms with Crippen molar-refractivity contribution in [2.75, 3.05) is 39.8 Å². The van der Waals surface area contributed by atoms with Crippen molar-refractivity contribution < 1.29 is 58.4 Å². The van der Waals surface area contributed by atoms with Gasteiger partial charge in [0.1, 0.15) is 59.6 Å². The molecule has 73 heavy (non-hydrogen) atoms. The van der Waals surface area contributed by atoms with Gasteiger partial charge in [-0.1, -0.05) is 19.9 Å². The number of rotatable bonds is 18. The number of aromatic nitrogens is 3. The van der Waals surface area contributed by atoms with E-state index < -0.39 is 127 Å². The topological polar surface area (TPSA) is 487 Å². The van der Waals surface area contributed by atoms with Gasteiger partial charge in [-0.3, -0.25) is 48.4 Å². The van der Waals surface area contributed by atoms with E-state index in [1.54, 1.807) is 38.1 Å². The van der Waals surface area contributed by atoms with E-state index in [4.69, 9.17) is 33.4 Å². The van der Waals surface area contributed by atoms with Gasteiger partial charge in [0, 0.05) is 44.6 Å². The summed E-state index contributed by atoms with van der Waals surface area (Å²) in [4.78, 5) is 119. The average molecular weight is 1030 g/mol. The molecule has 6 unspecified atom stereocenters. The Labute approximate surface area is 420 Å². The van der Waals surface area contributed by atoms with Crippen LogP contribution in [-0.4, -0.2) is 178 Å². The highest BCUT2D eigenvalue weighted by atomic mass is 16.5. The maximum Gasteiger partial charge on any atom is 0.268 e. The molecule has 0 bridgehead atoms. The molecule has 29 nitrogen and oxygen atoms in total. The van der Waals surface area contributed by atoms with Crippen LogP contribution in [0, 0.1) is 5.92 Å². The first-order valence-electron chi connectivity index (χ1n) is 23.5. The van der Waals surface area contributed by atoms with Gasteiger partial charge in [-0.2, -0.15) is 5.10 Å². The normalized spacial score (nSPS) is 23.6. The molecule has 1 aromatic carbocycles. The number of nitrogens with zero attached hydrogens (tertiary/aromatic N) is 3. The van der Waals surface area contributed by atoms with Gasteiger partial charge in [-0.25, -0.2) is 4.98 Å². The summed E-state index contributed by atoms with van der Waals surface area (Å²) in [5.74, 6) is -7.59. The largest absolute Gasteiger partial charge is 0.497 e. The molecule has 2 heterocycles. The number of carbonyl (C=O) groups is 8. The lowest BCUT2D eigenvalue weighted by atomic mass is 10.0. The number of carbonyl (C=O) groups excluding carboxylic acids is 8. The van der Waals surface area contributed by atoms with Gasteiger partial charge < -0.3 is 91.3 Å². The third-order valence-corrected chi connectivity index (χ3v) is 11.1. The lowest BCUT2D eigenvalue weighted by Crippen LogP contribution is -2.64. The minimum absolute atomic E-state index is 0.00177. The van der Waals surface area contributed by atoms with Crippen LogP contribution in [0.3, 0.4) is 0 Å². The van der Waals surface area contributed by atoms with Crippen molar-refractivity contribution >= 4 is 53.2 Å². The number of aliphatic hydroxyl groups is 3. The summed E-state index contributed by atoms with van der Waals surface area (Å²) in [5, 5.41) is 59.3. The number of nitrogens with two attached hydrogens (primary N) is 5. The van der Waals surface area contributed by atoms with E-state index in [9.17, 15) is 53.7 Å². The maximum absolute atomic E-state index is 14.0. The quantitative estimate of drug-likeness (QED) is 0.0285. The second-order valence-electron chi connectivity index (χ2n) is 17.3. The average Bonchev–Trinajstić information content (AvgIpc) is 3.85. The molecular formula is C44H71N17O12. The van der Waals surface area contributed by atoms with Crippen molar-refractivity contribution in [1.29, 1.82) is 0 Å². The van der Waals surface area contributed by atoms with Gasteiger partial charge in [0.05, 0.1) is 19.3 Å². The van der Waals surface area contributed by atoms with Crippen molar-refractivity contribution in [3.63, 3.8) is 0 Å². The summed E-state index contributed by atoms with van der Waals surface area (Å²) >= 11 is 0. The number of guanidine groups is 1. The summed E-state index contributed by atoms with van der Waals surface area (Å²) in [6, 6.07) is -3.20. The van der Waals surface area contributed by atoms with Crippen molar-refractivity contribution in [3.05, 3.63) is 41.9 Å². The van der Waals surface area contributed by atoms with Gasteiger partial charge in [0.15, 0.2) is 11.8 Å². The van der Waals surface area contributed by atoms with Gasteiger partial charge >= 0.3 is 0 Å². The number of hydrogen-bond donors (Lipinski definition) is 17. The number of benzene rings is 1. The van der Waals surface area contributed by atoms with Crippen molar-refractivity contribution in [2.24, 2.45) is 39.6 Å². The molecule has 2 aromatic rings. The molecule has 9 atom stereocenters. The molecule has 8 amide bonds. The fourth-order valence-corrected chi connectivity index (χ4v) is 7.13. The van der Waals surface area contributed by atoms with Crippen LogP contribution >= 0.6 is 0 Å². The predicted molar refractivity (Wildman–Crippen MR) is 262 cm³/mol. The molecule has 0 saturated carbocycles. The highest BCUT2D eigenvalue weighted by Crippen LogP contribution is 2.19. The zero-order valence-corrected chi connectivity index (χ0v) is 41.2. The smallest absolute Gasteiger partial charge is 0.268 e. The highest BCUT2D eigenvalue weighted by Gasteiger charge is 2.38. The van der Waals surface area contributed by atoms with E-state index in [1.165, 1.54) is 14.0 Å². The minimum Gasteiger partial charge on any atom is -0.497 e. The lowest BCUT2D eigenvalue weighted by Gasteiger charge is -2.30. The van der Waals surface area contributed by atoms with Crippen molar-refractivity contribution in [2.45, 2.75) is 114 Å². The van der Waals surface area contributed by atoms with Crippen LogP contribution < -0.4 is 75.9 Å². The third-order valence-electron chi connectivity index (χ3n) is 11.1. The Bertz CT molecular complexity index is 2260. The zero-order valence-electron chi connectivity index (χ0n) is 41.2. The fraction of sp³-hybridized carbons (Fsp3) is 0.568. The SMILES string of the molecule is C/C=C1\NC(=O)C(NC(=O)CCc2nc(-c3ccc(OC)cc3)n[nH]2)C(O)CNC(=O)C(C(O)CN)NC(=O)C(C(O)CN)NC(=O)[C@H](CCCN=C(N)N)NC(=O)[C@H](CC(C)C)NC(=O)[C@H](CCN)NC1=O. The van der Waals surface area contributed by atoms with Crippen LogP contribution in [-0.2, 0) is 44.8 Å². The Morgan fingerprint density at radius 3 is 2.01 bits per heavy atom. The number of ether oxygens (including phenoxy) is 1. The first kappa shape index (κ1) is 60.0. The summed E-state index contributed by atoms with van der Waals surface area (Å²) in [6.45, 7) is 2.59. The number of methoxy groups -OCH3 is 1. The molecule has 22 N–H and O–H groups in total. The van der Waals surface area contributed by atoms with Crippen LogP contribution in [0.2, 0.25) is 0 Å². The Kier molecular flexibility index (Phi) is 24.6. The van der Waals surface area contributed by atoms with Gasteiger partial charge in [-0.05, 0) is 69.3 Å². The predicted octanol–water partition coefficient (Wildman–Crippen LogP) is -7.08. The standard InChI is InChI=1S/C44H71N17O12/c1-5-24-37(66)54-26(14-15-45)38(67)55-27(17-21(2)3)40(69)53-25(7-6-16-50-44(48)49)39(68)58-34(29(63)19-47)43(72)59-33(28(62)18-46)41(70)51-20-30(64)35(42(71)52-24)57-32(65)13-12-31-56-36(61-60-31)22-8-10-23(73-4)11-9-22/h5,8-11,21,25-30,33-35,62-64H,6-7,12-20,45-47H2,1-4H3,(H,51,70)(H,52,71)(H,53,69)(H,54,66)(H,55,67)(H,57,65)(H,58,68)(H,59,72)(H4,48,49,50)(H,56,60,61)/b24-5-/t25-,26-,27-,28?,29?,30?,33?,34?,35?/m0/s1. The minimum atomic E-state index is -2.00. The number of aromatic amines is 1. The van der Waals surface area contributed by atoms with Gasteiger partial charge in [0.2, 0.25) is 41.4 Å². The van der Waals surface area contributed by atoms with Gasteiger partial charge in [-0.15, -0.1) is 0 Å². The van der Waals surface area contributed by atoms with Crippen LogP contribution in [0.15, 0.2) is 41.0 Å². The fourth-order valence-electron chi connectivity index (χ4n) is 7.13. The van der Waals surface area contributed by atoms with Crippen LogP contribution in [0.4, 0.5) is 0 Å². The number of H-pyrrole nitrogens is 1. The van der Waals surface area contributed by atoms with Crippen LogP contribution in [0.25, 0.3) is 11.4 Å². The van der Waals surface area contributed by atoms with Crippen molar-refractivity contribution in [1.82, 2.24) is 57.7 Å². The van der Waals surface area contributed by atoms with E-state index in [0.29, 0.717) is 17.1 Å². The Balaban J connectivity index is 2.06. The summed E-state index contributed by atoms with van der Waals surface area (Å²) in [7, 11) is 1.52. The number of aliphatic hydroxyl groups excluding tert-OH is 3. The molecule has 0 radical (unpaired) electrons. The molecule has 1 saturated heterocycles. The molecule has 1 fully saturated rings. The van der Waals surface area contributed by atoms with Gasteiger partial charge in [0.25, 0.3) is 5.91 Å². The Morgan fingerprint density at radius 2 is 1.42 bits per heavy atom. The van der Waals surface area contributed by atoms with Crippen LogP contribution in [0.5, 0.6) is 5.75 Å². The third kappa shape index (κ3) is 19.0. The van der Waals surface area contributed by atoms with Crippen molar-refractivity contribution in [3.8, 4) is 17.1 Å². The van der Waals surface area contributed by atoms with E-state index in [1.807, 2.05) is 0 Å². The van der Waals surface area contributed by atoms with Crippen LogP contribution in [0.1, 0.15) is 58.7 Å². The maximum atomic E-state index is 14.0. The summed E-state index contributed by atoms with van der Waals surface area (Å²) < 4.78 is 5.18. The molecule has 3 rings (SSSR count). The molecule has 29 heteroatoms. The first-order chi connectivity index (χ1) is 34.7. The van der Waals surface area contributed by atoms with E-state index in [-0.39, 0.29) is 69.3 Å². The molecule has 1 aromatic heterocycles. The number of aryl methyl sites for hydroxylation is 1. The molecule has 0 aliphatic carbocycles. The number of amides is 8. The number of hydrogen-bond acceptors (Lipinski definition) is 18. The Morgan fingerprint density at radius 1 is 0.836 bits per heavy atom. The first-order valence-corrected chi connectivity index (χ1v) is 23.5. The number of allylic oxidation sites excluding steroid dienone is 1. The molecular weight excluding hydrogens is 959 g/mol. The second-order valence-corrected chi connectivity index (χ2v) is 17.3. The molecule has 1 aliphatic heterocycles. The highest BCUT2D eigenvalue weighted by molar-refractivity contribution is 6.02. The number of β-amino-alcohol motifs (C(OH)–C–C–N with tert-alkyl or cyclic N) is 1.